The van der Waals surface area contributed by atoms with Gasteiger partial charge in [-0.2, -0.15) is 5.10 Å². The van der Waals surface area contributed by atoms with E-state index in [4.69, 9.17) is 11.6 Å². The highest BCUT2D eigenvalue weighted by molar-refractivity contribution is 14.1. The Balaban J connectivity index is 2.19. The molecule has 0 saturated carbocycles. The molecule has 0 unspecified atom stereocenters. The van der Waals surface area contributed by atoms with Gasteiger partial charge in [-0.05, 0) is 47.7 Å². The van der Waals surface area contributed by atoms with Crippen molar-refractivity contribution in [3.05, 3.63) is 42.7 Å². The summed E-state index contributed by atoms with van der Waals surface area (Å²) in [6.07, 6.45) is 0. The summed E-state index contributed by atoms with van der Waals surface area (Å²) in [5, 5.41) is 8.41. The SMILES string of the molecule is Cc1nn(C)c(CNc2cc(Br)ccc2I)c1Cl. The molecule has 0 spiro atoms. The predicted molar refractivity (Wildman–Crippen MR) is 87.1 cm³/mol. The summed E-state index contributed by atoms with van der Waals surface area (Å²) in [6.45, 7) is 2.57. The van der Waals surface area contributed by atoms with Gasteiger partial charge in [-0.15, -0.1) is 0 Å². The van der Waals surface area contributed by atoms with Gasteiger partial charge in [0.15, 0.2) is 0 Å². The Morgan fingerprint density at radius 2 is 2.22 bits per heavy atom. The van der Waals surface area contributed by atoms with Crippen molar-refractivity contribution >= 4 is 55.8 Å². The van der Waals surface area contributed by atoms with Crippen LogP contribution in [0.25, 0.3) is 0 Å². The maximum atomic E-state index is 6.22. The van der Waals surface area contributed by atoms with Crippen LogP contribution in [0, 0.1) is 10.5 Å². The Labute approximate surface area is 133 Å². The Morgan fingerprint density at radius 1 is 1.50 bits per heavy atom. The molecule has 96 valence electrons. The molecule has 0 radical (unpaired) electrons. The first kappa shape index (κ1) is 14.1. The first-order chi connectivity index (χ1) is 8.49. The van der Waals surface area contributed by atoms with E-state index in [1.807, 2.05) is 24.7 Å². The van der Waals surface area contributed by atoms with Gasteiger partial charge < -0.3 is 5.32 Å². The van der Waals surface area contributed by atoms with Crippen LogP contribution in [-0.2, 0) is 13.6 Å². The van der Waals surface area contributed by atoms with Crippen molar-refractivity contribution < 1.29 is 0 Å². The molecule has 0 bridgehead atoms. The number of hydrogen-bond acceptors (Lipinski definition) is 2. The van der Waals surface area contributed by atoms with Gasteiger partial charge in [0.2, 0.25) is 0 Å². The van der Waals surface area contributed by atoms with Crippen molar-refractivity contribution in [2.24, 2.45) is 7.05 Å². The number of aromatic nitrogens is 2. The Bertz CT molecular complexity index is 583. The molecule has 2 rings (SSSR count). The molecular weight excluding hydrogens is 428 g/mol. The second-order valence-corrected chi connectivity index (χ2v) is 6.40. The molecule has 0 aliphatic carbocycles. The number of benzene rings is 1. The molecule has 0 aliphatic rings. The van der Waals surface area contributed by atoms with E-state index in [1.165, 1.54) is 3.57 Å². The number of hydrogen-bond donors (Lipinski definition) is 1. The monoisotopic (exact) mass is 439 g/mol. The summed E-state index contributed by atoms with van der Waals surface area (Å²) in [4.78, 5) is 0. The standard InChI is InChI=1S/C12H12BrClIN3/c1-7-12(14)11(18(2)17-7)6-16-10-5-8(13)3-4-9(10)15/h3-5,16H,6H2,1-2H3. The first-order valence-corrected chi connectivity index (χ1v) is 7.61. The Hall–Kier alpha value is -0.270. The van der Waals surface area contributed by atoms with Crippen LogP contribution in [0.5, 0.6) is 0 Å². The molecule has 6 heteroatoms. The molecular formula is C12H12BrClIN3. The highest BCUT2D eigenvalue weighted by Crippen LogP contribution is 2.25. The van der Waals surface area contributed by atoms with Crippen LogP contribution in [0.1, 0.15) is 11.4 Å². The summed E-state index contributed by atoms with van der Waals surface area (Å²) in [5.74, 6) is 0. The molecule has 0 fully saturated rings. The minimum absolute atomic E-state index is 0.655. The van der Waals surface area contributed by atoms with Crippen LogP contribution in [0.15, 0.2) is 22.7 Å². The normalized spacial score (nSPS) is 10.7. The van der Waals surface area contributed by atoms with E-state index >= 15 is 0 Å². The fourth-order valence-electron chi connectivity index (χ4n) is 1.68. The highest BCUT2D eigenvalue weighted by atomic mass is 127. The lowest BCUT2D eigenvalue weighted by Crippen LogP contribution is -2.06. The summed E-state index contributed by atoms with van der Waals surface area (Å²) >= 11 is 12.0. The molecule has 0 saturated heterocycles. The lowest BCUT2D eigenvalue weighted by atomic mass is 10.3. The van der Waals surface area contributed by atoms with Crippen LogP contribution in [0.2, 0.25) is 5.02 Å². The largest absolute Gasteiger partial charge is 0.378 e. The molecule has 0 aliphatic heterocycles. The van der Waals surface area contributed by atoms with E-state index < -0.39 is 0 Å². The van der Waals surface area contributed by atoms with Crippen LogP contribution >= 0.6 is 50.1 Å². The summed E-state index contributed by atoms with van der Waals surface area (Å²) < 4.78 is 4.04. The van der Waals surface area contributed by atoms with Gasteiger partial charge in [0, 0.05) is 20.8 Å². The number of nitrogens with zero attached hydrogens (tertiary/aromatic N) is 2. The van der Waals surface area contributed by atoms with Gasteiger partial charge in [0.05, 0.1) is 23.0 Å². The van der Waals surface area contributed by atoms with Crippen molar-refractivity contribution in [3.8, 4) is 0 Å². The smallest absolute Gasteiger partial charge is 0.0865 e. The van der Waals surface area contributed by atoms with E-state index in [2.05, 4.69) is 61.1 Å². The molecule has 1 heterocycles. The lowest BCUT2D eigenvalue weighted by molar-refractivity contribution is 0.713. The second-order valence-electron chi connectivity index (χ2n) is 3.95. The third-order valence-corrected chi connectivity index (χ3v) is 4.56. The zero-order valence-corrected chi connectivity index (χ0v) is 14.5. The minimum Gasteiger partial charge on any atom is -0.378 e. The maximum absolute atomic E-state index is 6.22. The number of halogens is 3. The summed E-state index contributed by atoms with van der Waals surface area (Å²) in [7, 11) is 1.90. The van der Waals surface area contributed by atoms with Crippen molar-refractivity contribution in [1.29, 1.82) is 0 Å². The summed E-state index contributed by atoms with van der Waals surface area (Å²) in [5.41, 5.74) is 2.93. The van der Waals surface area contributed by atoms with E-state index in [-0.39, 0.29) is 0 Å². The zero-order chi connectivity index (χ0) is 13.3. The molecule has 1 aromatic heterocycles. The Kier molecular flexibility index (Phi) is 4.55. The van der Waals surface area contributed by atoms with Gasteiger partial charge in [0.25, 0.3) is 0 Å². The second kappa shape index (κ2) is 5.79. The van der Waals surface area contributed by atoms with E-state index in [0.717, 1.165) is 26.6 Å². The van der Waals surface area contributed by atoms with Gasteiger partial charge in [-0.1, -0.05) is 27.5 Å². The number of aryl methyl sites for hydroxylation is 2. The van der Waals surface area contributed by atoms with E-state index in [1.54, 1.807) is 0 Å². The average molecular weight is 441 g/mol. The van der Waals surface area contributed by atoms with Crippen LogP contribution in [0.3, 0.4) is 0 Å². The van der Waals surface area contributed by atoms with Crippen molar-refractivity contribution in [2.45, 2.75) is 13.5 Å². The first-order valence-electron chi connectivity index (χ1n) is 5.36. The minimum atomic E-state index is 0.655. The molecule has 0 amide bonds. The number of rotatable bonds is 3. The van der Waals surface area contributed by atoms with Gasteiger partial charge in [0.1, 0.15) is 0 Å². The van der Waals surface area contributed by atoms with Crippen LogP contribution in [0.4, 0.5) is 5.69 Å². The van der Waals surface area contributed by atoms with Gasteiger partial charge in [-0.3, -0.25) is 4.68 Å². The Morgan fingerprint density at radius 3 is 2.83 bits per heavy atom. The molecule has 0 atom stereocenters. The molecule has 1 aromatic carbocycles. The fraction of sp³-hybridized carbons (Fsp3) is 0.250. The molecule has 2 aromatic rings. The van der Waals surface area contributed by atoms with E-state index in [0.29, 0.717) is 6.54 Å². The molecule has 1 N–H and O–H groups in total. The fourth-order valence-corrected chi connectivity index (χ4v) is 2.80. The van der Waals surface area contributed by atoms with Gasteiger partial charge in [-0.25, -0.2) is 0 Å². The van der Waals surface area contributed by atoms with Gasteiger partial charge >= 0.3 is 0 Å². The third-order valence-electron chi connectivity index (χ3n) is 2.64. The number of anilines is 1. The molecule has 3 nitrogen and oxygen atoms in total. The maximum Gasteiger partial charge on any atom is 0.0865 e. The van der Waals surface area contributed by atoms with Crippen molar-refractivity contribution in [2.75, 3.05) is 5.32 Å². The van der Waals surface area contributed by atoms with Crippen LogP contribution in [-0.4, -0.2) is 9.78 Å². The topological polar surface area (TPSA) is 29.9 Å². The third kappa shape index (κ3) is 3.00. The zero-order valence-electron chi connectivity index (χ0n) is 9.97. The average Bonchev–Trinajstić information content (AvgIpc) is 2.55. The van der Waals surface area contributed by atoms with Crippen molar-refractivity contribution in [1.82, 2.24) is 9.78 Å². The quantitative estimate of drug-likeness (QED) is 0.719. The van der Waals surface area contributed by atoms with E-state index in [9.17, 15) is 0 Å². The number of nitrogens with one attached hydrogen (secondary N) is 1. The highest BCUT2D eigenvalue weighted by Gasteiger charge is 2.11. The lowest BCUT2D eigenvalue weighted by Gasteiger charge is -2.09. The van der Waals surface area contributed by atoms with Crippen LogP contribution < -0.4 is 5.32 Å². The summed E-state index contributed by atoms with van der Waals surface area (Å²) in [6, 6.07) is 6.14. The molecule has 18 heavy (non-hydrogen) atoms. The van der Waals surface area contributed by atoms with Crippen molar-refractivity contribution in [3.63, 3.8) is 0 Å². The predicted octanol–water partition coefficient (Wildman–Crippen LogP) is 4.36.